The van der Waals surface area contributed by atoms with Gasteiger partial charge in [0.1, 0.15) is 16.9 Å². The molecule has 0 spiro atoms. The number of hydrogen-bond acceptors (Lipinski definition) is 6. The van der Waals surface area contributed by atoms with Crippen LogP contribution in [0.2, 0.25) is 5.15 Å². The lowest BCUT2D eigenvalue weighted by Gasteiger charge is -2.30. The number of aromatic nitrogens is 4. The molecule has 0 radical (unpaired) electrons. The van der Waals surface area contributed by atoms with Crippen molar-refractivity contribution < 1.29 is 9.13 Å². The summed E-state index contributed by atoms with van der Waals surface area (Å²) in [6.45, 7) is 5.55. The number of pyridine rings is 1. The molecule has 2 aliphatic rings. The van der Waals surface area contributed by atoms with E-state index in [4.69, 9.17) is 26.4 Å². The molecule has 5 rings (SSSR count). The van der Waals surface area contributed by atoms with Gasteiger partial charge in [-0.1, -0.05) is 11.6 Å². The third kappa shape index (κ3) is 3.37. The normalized spacial score (nSPS) is 20.2. The molecule has 1 saturated heterocycles. The number of anilines is 1. The molecule has 5 heterocycles. The van der Waals surface area contributed by atoms with Gasteiger partial charge < -0.3 is 15.4 Å². The number of aryl methyl sites for hydroxylation is 1. The van der Waals surface area contributed by atoms with E-state index in [2.05, 4.69) is 15.6 Å². The highest BCUT2D eigenvalue weighted by molar-refractivity contribution is 6.29. The minimum absolute atomic E-state index is 0.0163. The average molecular weight is 431 g/mol. The van der Waals surface area contributed by atoms with E-state index in [1.165, 1.54) is 0 Å². The van der Waals surface area contributed by atoms with Crippen molar-refractivity contribution in [2.75, 3.05) is 25.0 Å². The molecule has 0 aromatic carbocycles. The van der Waals surface area contributed by atoms with Gasteiger partial charge in [0.25, 0.3) is 0 Å². The molecule has 9 heteroatoms. The minimum atomic E-state index is -1.24. The van der Waals surface area contributed by atoms with Crippen LogP contribution in [-0.4, -0.2) is 51.0 Å². The summed E-state index contributed by atoms with van der Waals surface area (Å²) in [7, 11) is 0. The molecule has 2 aliphatic heterocycles. The molecule has 158 valence electrons. The Morgan fingerprint density at radius 1 is 1.40 bits per heavy atom. The smallest absolute Gasteiger partial charge is 0.197 e. The predicted octanol–water partition coefficient (Wildman–Crippen LogP) is 3.58. The molecule has 0 saturated carbocycles. The van der Waals surface area contributed by atoms with Gasteiger partial charge in [0.2, 0.25) is 0 Å². The molecule has 0 aliphatic carbocycles. The Balaban J connectivity index is 1.60. The summed E-state index contributed by atoms with van der Waals surface area (Å²) in [5.74, 6) is 1.36. The van der Waals surface area contributed by atoms with E-state index in [1.54, 1.807) is 16.8 Å². The number of halogens is 2. The van der Waals surface area contributed by atoms with E-state index in [9.17, 15) is 0 Å². The predicted molar refractivity (Wildman–Crippen MR) is 114 cm³/mol. The number of imidazole rings is 1. The molecular formula is C21H24ClFN6O. The Hall–Kier alpha value is -2.45. The summed E-state index contributed by atoms with van der Waals surface area (Å²) in [5.41, 5.74) is 2.87. The van der Waals surface area contributed by atoms with Gasteiger partial charge in [-0.2, -0.15) is 0 Å². The first kappa shape index (κ1) is 19.5. The van der Waals surface area contributed by atoms with Crippen LogP contribution >= 0.6 is 11.6 Å². The van der Waals surface area contributed by atoms with Crippen molar-refractivity contribution >= 4 is 23.1 Å². The third-order valence-electron chi connectivity index (χ3n) is 5.87. The summed E-state index contributed by atoms with van der Waals surface area (Å²) in [6, 6.07) is 3.66. The van der Waals surface area contributed by atoms with Crippen molar-refractivity contribution in [3.63, 3.8) is 0 Å². The zero-order valence-electron chi connectivity index (χ0n) is 17.0. The summed E-state index contributed by atoms with van der Waals surface area (Å²) in [4.78, 5) is 8.80. The summed E-state index contributed by atoms with van der Waals surface area (Å²) in [6.07, 6.45) is 3.36. The summed E-state index contributed by atoms with van der Waals surface area (Å²) < 4.78 is 23.1. The largest absolute Gasteiger partial charge is 0.486 e. The fourth-order valence-electron chi connectivity index (χ4n) is 4.33. The third-order valence-corrected chi connectivity index (χ3v) is 6.08. The lowest BCUT2D eigenvalue weighted by atomic mass is 9.94. The number of piperidine rings is 1. The second-order valence-electron chi connectivity index (χ2n) is 8.19. The van der Waals surface area contributed by atoms with Crippen molar-refractivity contribution in [1.82, 2.24) is 24.9 Å². The van der Waals surface area contributed by atoms with Crippen molar-refractivity contribution in [1.29, 1.82) is 0 Å². The zero-order valence-corrected chi connectivity index (χ0v) is 17.8. The Labute approximate surface area is 179 Å². The molecule has 0 amide bonds. The van der Waals surface area contributed by atoms with E-state index in [0.29, 0.717) is 54.7 Å². The number of hydrogen-bond donors (Lipinski definition) is 2. The van der Waals surface area contributed by atoms with Gasteiger partial charge in [-0.25, -0.2) is 18.9 Å². The van der Waals surface area contributed by atoms with Gasteiger partial charge in [-0.15, -0.1) is 5.10 Å². The van der Waals surface area contributed by atoms with Gasteiger partial charge in [-0.05, 0) is 51.9 Å². The molecule has 1 fully saturated rings. The highest BCUT2D eigenvalue weighted by Crippen LogP contribution is 2.39. The molecule has 7 nitrogen and oxygen atoms in total. The van der Waals surface area contributed by atoms with Crippen molar-refractivity contribution in [3.05, 3.63) is 34.7 Å². The first-order valence-corrected chi connectivity index (χ1v) is 10.7. The van der Waals surface area contributed by atoms with Crippen molar-refractivity contribution in [3.8, 4) is 17.0 Å². The highest BCUT2D eigenvalue weighted by atomic mass is 35.5. The second-order valence-corrected chi connectivity index (χ2v) is 8.58. The van der Waals surface area contributed by atoms with Gasteiger partial charge >= 0.3 is 0 Å². The molecule has 2 N–H and O–H groups in total. The lowest BCUT2D eigenvalue weighted by Crippen LogP contribution is -2.43. The Morgan fingerprint density at radius 2 is 2.20 bits per heavy atom. The number of alkyl halides is 1. The maximum Gasteiger partial charge on any atom is 0.197 e. The maximum atomic E-state index is 15.2. The molecule has 1 unspecified atom stereocenters. The van der Waals surface area contributed by atoms with E-state index >= 15 is 4.39 Å². The van der Waals surface area contributed by atoms with Gasteiger partial charge in [0.15, 0.2) is 17.2 Å². The van der Waals surface area contributed by atoms with Crippen LogP contribution in [0, 0.1) is 6.92 Å². The topological polar surface area (TPSA) is 76.4 Å². The van der Waals surface area contributed by atoms with E-state index < -0.39 is 5.67 Å². The number of rotatable bonds is 4. The minimum Gasteiger partial charge on any atom is -0.486 e. The Morgan fingerprint density at radius 3 is 2.97 bits per heavy atom. The van der Waals surface area contributed by atoms with E-state index in [1.807, 2.05) is 19.9 Å². The van der Waals surface area contributed by atoms with Gasteiger partial charge in [0.05, 0.1) is 17.9 Å². The molecule has 1 atom stereocenters. The number of ether oxygens (including phenoxy) is 1. The molecule has 3 aromatic rings. The van der Waals surface area contributed by atoms with Gasteiger partial charge in [0, 0.05) is 23.7 Å². The van der Waals surface area contributed by atoms with E-state index in [-0.39, 0.29) is 12.6 Å². The van der Waals surface area contributed by atoms with Crippen LogP contribution in [0.5, 0.6) is 5.75 Å². The number of nitrogens with zero attached hydrogens (tertiary/aromatic N) is 4. The maximum absolute atomic E-state index is 15.2. The van der Waals surface area contributed by atoms with Crippen molar-refractivity contribution in [2.45, 2.75) is 44.9 Å². The highest BCUT2D eigenvalue weighted by Gasteiger charge is 2.34. The lowest BCUT2D eigenvalue weighted by molar-refractivity contribution is 0.131. The summed E-state index contributed by atoms with van der Waals surface area (Å²) >= 11 is 6.12. The van der Waals surface area contributed by atoms with Crippen LogP contribution in [0.4, 0.5) is 10.2 Å². The molecule has 3 aromatic heterocycles. The number of nitrogens with one attached hydrogen (secondary N) is 2. The average Bonchev–Trinajstić information content (AvgIpc) is 3.26. The van der Waals surface area contributed by atoms with Crippen LogP contribution in [0.3, 0.4) is 0 Å². The standard InChI is InChI=1S/C21H24ClFN6O/c1-12-9-15-18(30-12)20-27-13(2)17(14-3-6-25-16(22)10-14)29(20)28-19(15)26-11-21(23)4-7-24-8-5-21/h3,6,10,12,24H,4-5,7-9,11H2,1-2H3,(H,26,28). The molecular weight excluding hydrogens is 407 g/mol. The number of fused-ring (bicyclic) bond motifs is 3. The van der Waals surface area contributed by atoms with Crippen LogP contribution in [0.1, 0.15) is 31.0 Å². The van der Waals surface area contributed by atoms with Crippen LogP contribution in [0.15, 0.2) is 18.3 Å². The second kappa shape index (κ2) is 7.35. The van der Waals surface area contributed by atoms with Crippen LogP contribution in [0.25, 0.3) is 16.9 Å². The van der Waals surface area contributed by atoms with Crippen LogP contribution < -0.4 is 15.4 Å². The first-order chi connectivity index (χ1) is 14.4. The van der Waals surface area contributed by atoms with E-state index in [0.717, 1.165) is 22.5 Å². The fourth-order valence-corrected chi connectivity index (χ4v) is 4.50. The van der Waals surface area contributed by atoms with Crippen molar-refractivity contribution in [2.24, 2.45) is 0 Å². The van der Waals surface area contributed by atoms with Gasteiger partial charge in [-0.3, -0.25) is 0 Å². The quantitative estimate of drug-likeness (QED) is 0.616. The fraction of sp³-hybridized carbons (Fsp3) is 0.476. The Bertz CT molecular complexity index is 1110. The molecule has 30 heavy (non-hydrogen) atoms. The molecule has 0 bridgehead atoms. The SMILES string of the molecule is Cc1nc2c3c(c(NCC4(F)CCNCC4)nn2c1-c1ccnc(Cl)c1)CC(C)O3. The first-order valence-electron chi connectivity index (χ1n) is 10.3. The monoisotopic (exact) mass is 430 g/mol. The van der Waals surface area contributed by atoms with Crippen LogP contribution in [-0.2, 0) is 6.42 Å². The summed E-state index contributed by atoms with van der Waals surface area (Å²) in [5, 5.41) is 11.7. The zero-order chi connectivity index (χ0) is 20.9. The Kier molecular flexibility index (Phi) is 4.78.